The second-order valence-electron chi connectivity index (χ2n) is 20.1. The van der Waals surface area contributed by atoms with Crippen molar-refractivity contribution in [2.75, 3.05) is 65.4 Å². The lowest BCUT2D eigenvalue weighted by atomic mass is 9.47. The molecule has 3 aromatic rings. The monoisotopic (exact) mass is 847 g/mol. The molecule has 6 aliphatic rings. The van der Waals surface area contributed by atoms with Crippen LogP contribution in [-0.4, -0.2) is 122 Å². The van der Waals surface area contributed by atoms with Crippen LogP contribution in [0.5, 0.6) is 5.75 Å². The molecule has 1 saturated heterocycles. The first kappa shape index (κ1) is 42.6. The third kappa shape index (κ3) is 5.91. The Labute approximate surface area is 366 Å². The zero-order valence-corrected chi connectivity index (χ0v) is 38.0. The quantitative estimate of drug-likeness (QED) is 0.189. The van der Waals surface area contributed by atoms with Crippen LogP contribution in [0.3, 0.4) is 0 Å². The minimum Gasteiger partial charge on any atom is -0.496 e. The zero-order chi connectivity index (χ0) is 44.1. The summed E-state index contributed by atoms with van der Waals surface area (Å²) in [6.07, 6.45) is 9.14. The first-order chi connectivity index (χ1) is 29.5. The van der Waals surface area contributed by atoms with Crippen LogP contribution in [0.15, 0.2) is 60.2 Å². The Kier molecular flexibility index (Phi) is 10.3. The van der Waals surface area contributed by atoms with E-state index in [9.17, 15) is 14.7 Å². The van der Waals surface area contributed by atoms with Gasteiger partial charge in [0.25, 0.3) is 0 Å². The van der Waals surface area contributed by atoms with E-state index in [-0.39, 0.29) is 30.4 Å². The summed E-state index contributed by atoms with van der Waals surface area (Å²) in [6, 6.07) is 11.8. The molecule has 0 radical (unpaired) electrons. The molecule has 3 N–H and O–H groups in total. The maximum absolute atomic E-state index is 15.4. The van der Waals surface area contributed by atoms with E-state index < -0.39 is 45.4 Å². The molecule has 1 amide bonds. The standard InChI is InChI=1S/C50H65N5O7/c1-10-31-23-32-26-49(45(58)61-9,40-34(17-21-54(27-31)28-32)33-15-12-13-16-37(33)52-40)36-24-35-38(25-39(36)60-8)53(7)42-48(35)19-22-55-20-14-18-47(11-2,41(48)55)43(62-30(3)56)50(42,59)29-51-44(57)46(4,5)6/h12-16,18,23-25,32,41-43,52,59H,10-11,17,19-22,26-29H2,1-9H3,(H,51,57)/t32-,41?,42+,43+,47+,48+,49-,50-/m0/s1. The molecule has 9 rings (SSSR count). The third-order valence-electron chi connectivity index (χ3n) is 15.9. The van der Waals surface area contributed by atoms with Gasteiger partial charge < -0.3 is 34.5 Å². The highest BCUT2D eigenvalue weighted by Crippen LogP contribution is 2.68. The number of nitrogens with one attached hydrogen (secondary N) is 2. The normalized spacial score (nSPS) is 33.5. The van der Waals surface area contributed by atoms with E-state index in [2.05, 4.69) is 87.4 Å². The van der Waals surface area contributed by atoms with Crippen molar-refractivity contribution in [3.8, 4) is 5.75 Å². The number of fused-ring (bicyclic) bond motifs is 6. The number of carbonyl (C=O) groups is 3. The summed E-state index contributed by atoms with van der Waals surface area (Å²) in [5.41, 5.74) is 1.53. The fraction of sp³-hybridized carbons (Fsp3) is 0.580. The SMILES string of the molecule is CCC1=C[C@@H]2CN(CCc3c([nH]c4ccccc34)[C@@](C(=O)OC)(c3cc4c(cc3OC)N(C)[C@H]3[C@@](O)(CNC(=O)C(C)(C)C)[C@H](OC(C)=O)[C@]5(CC)C=CCN6CC[C@]43C65)C2)C1. The Bertz CT molecular complexity index is 2380. The number of likely N-dealkylation sites (N-methyl/N-ethyl adjacent to an activating group) is 1. The Morgan fingerprint density at radius 3 is 2.52 bits per heavy atom. The first-order valence-electron chi connectivity index (χ1n) is 22.7. The number of para-hydroxylation sites is 1. The summed E-state index contributed by atoms with van der Waals surface area (Å²) in [5, 5.41) is 18.0. The number of nitrogens with zero attached hydrogens (tertiary/aromatic N) is 3. The molecular weight excluding hydrogens is 783 g/mol. The lowest BCUT2D eigenvalue weighted by Gasteiger charge is -2.64. The second-order valence-corrected chi connectivity index (χ2v) is 20.1. The van der Waals surface area contributed by atoms with Gasteiger partial charge in [-0.1, -0.05) is 76.6 Å². The zero-order valence-electron chi connectivity index (χ0n) is 38.0. The second kappa shape index (κ2) is 15.0. The summed E-state index contributed by atoms with van der Waals surface area (Å²) < 4.78 is 18.9. The van der Waals surface area contributed by atoms with E-state index in [1.165, 1.54) is 19.6 Å². The molecule has 2 fully saturated rings. The van der Waals surface area contributed by atoms with Crippen LogP contribution in [0.2, 0.25) is 0 Å². The smallest absolute Gasteiger partial charge is 0.322 e. The molecule has 1 aliphatic carbocycles. The summed E-state index contributed by atoms with van der Waals surface area (Å²) in [5.74, 6) is -0.466. The van der Waals surface area contributed by atoms with Gasteiger partial charge in [0.15, 0.2) is 0 Å². The summed E-state index contributed by atoms with van der Waals surface area (Å²) in [4.78, 5) is 53.4. The maximum Gasteiger partial charge on any atom is 0.322 e. The number of anilines is 1. The molecule has 5 aliphatic heterocycles. The highest BCUT2D eigenvalue weighted by atomic mass is 16.6. The van der Waals surface area contributed by atoms with E-state index in [0.717, 1.165) is 78.0 Å². The molecule has 1 spiro atoms. The van der Waals surface area contributed by atoms with Crippen molar-refractivity contribution in [2.24, 2.45) is 16.7 Å². The molecule has 12 nitrogen and oxygen atoms in total. The van der Waals surface area contributed by atoms with Crippen molar-refractivity contribution >= 4 is 34.4 Å². The molecule has 2 unspecified atom stereocenters. The van der Waals surface area contributed by atoms with Crippen LogP contribution in [0.4, 0.5) is 5.69 Å². The predicted octanol–water partition coefficient (Wildman–Crippen LogP) is 5.79. The summed E-state index contributed by atoms with van der Waals surface area (Å²) in [7, 11) is 5.15. The van der Waals surface area contributed by atoms with E-state index in [0.29, 0.717) is 31.6 Å². The number of H-pyrrole nitrogens is 1. The predicted molar refractivity (Wildman–Crippen MR) is 239 cm³/mol. The number of esters is 2. The number of amides is 1. The van der Waals surface area contributed by atoms with Crippen molar-refractivity contribution in [1.82, 2.24) is 20.1 Å². The molecule has 1 saturated carbocycles. The molecule has 6 heterocycles. The molecular formula is C50H65N5O7. The van der Waals surface area contributed by atoms with E-state index in [4.69, 9.17) is 14.2 Å². The van der Waals surface area contributed by atoms with Gasteiger partial charge in [-0.2, -0.15) is 0 Å². The number of aromatic nitrogens is 1. The number of aliphatic hydroxyl groups is 1. The number of ether oxygens (including phenoxy) is 3. The van der Waals surface area contributed by atoms with Crippen LogP contribution in [-0.2, 0) is 41.1 Å². The first-order valence-corrected chi connectivity index (χ1v) is 22.7. The number of methoxy groups -OCH3 is 2. The van der Waals surface area contributed by atoms with E-state index >= 15 is 4.79 Å². The van der Waals surface area contributed by atoms with Gasteiger partial charge in [0.2, 0.25) is 5.91 Å². The molecule has 1 aromatic heterocycles. The highest BCUT2D eigenvalue weighted by Gasteiger charge is 2.78. The minimum absolute atomic E-state index is 0.0376. The number of hydrogen-bond acceptors (Lipinski definition) is 10. The van der Waals surface area contributed by atoms with E-state index in [1.54, 1.807) is 7.11 Å². The highest BCUT2D eigenvalue weighted by molar-refractivity contribution is 5.94. The Morgan fingerprint density at radius 1 is 1.05 bits per heavy atom. The van der Waals surface area contributed by atoms with Crippen molar-refractivity contribution in [3.63, 3.8) is 0 Å². The lowest BCUT2D eigenvalue weighted by molar-refractivity contribution is -0.217. The average molecular weight is 848 g/mol. The van der Waals surface area contributed by atoms with Gasteiger partial charge in [-0.05, 0) is 67.8 Å². The molecule has 2 bridgehead atoms. The van der Waals surface area contributed by atoms with Gasteiger partial charge in [-0.3, -0.25) is 24.2 Å². The van der Waals surface area contributed by atoms with Crippen molar-refractivity contribution in [3.05, 3.63) is 82.6 Å². The fourth-order valence-electron chi connectivity index (χ4n) is 13.5. The van der Waals surface area contributed by atoms with Crippen molar-refractivity contribution in [2.45, 2.75) is 108 Å². The molecule has 62 heavy (non-hydrogen) atoms. The van der Waals surface area contributed by atoms with Crippen LogP contribution in [0, 0.1) is 16.7 Å². The van der Waals surface area contributed by atoms with Gasteiger partial charge in [0.1, 0.15) is 22.9 Å². The van der Waals surface area contributed by atoms with Gasteiger partial charge in [-0.25, -0.2) is 0 Å². The van der Waals surface area contributed by atoms with Gasteiger partial charge in [0.05, 0.1) is 26.8 Å². The molecule has 332 valence electrons. The lowest BCUT2D eigenvalue weighted by Crippen LogP contribution is -2.81. The Hall–Kier alpha value is -4.65. The Balaban J connectivity index is 1.34. The average Bonchev–Trinajstić information content (AvgIpc) is 3.92. The summed E-state index contributed by atoms with van der Waals surface area (Å²) >= 11 is 0. The van der Waals surface area contributed by atoms with Gasteiger partial charge >= 0.3 is 11.9 Å². The van der Waals surface area contributed by atoms with Crippen LogP contribution < -0.4 is 15.0 Å². The van der Waals surface area contributed by atoms with Crippen LogP contribution in [0.1, 0.15) is 89.6 Å². The number of benzene rings is 2. The van der Waals surface area contributed by atoms with Crippen molar-refractivity contribution < 1.29 is 33.7 Å². The van der Waals surface area contributed by atoms with Crippen LogP contribution in [0.25, 0.3) is 10.9 Å². The van der Waals surface area contributed by atoms with E-state index in [1.807, 2.05) is 33.9 Å². The maximum atomic E-state index is 15.4. The summed E-state index contributed by atoms with van der Waals surface area (Å²) in [6.45, 7) is 15.2. The van der Waals surface area contributed by atoms with Crippen LogP contribution >= 0.6 is 0 Å². The molecule has 12 heteroatoms. The number of aromatic amines is 1. The topological polar surface area (TPSA) is 137 Å². The molecule has 2 aromatic carbocycles. The fourth-order valence-corrected chi connectivity index (χ4v) is 13.5. The van der Waals surface area contributed by atoms with Crippen molar-refractivity contribution in [1.29, 1.82) is 0 Å². The number of hydrogen-bond donors (Lipinski definition) is 3. The van der Waals surface area contributed by atoms with Gasteiger partial charge in [-0.15, -0.1) is 0 Å². The number of rotatable bonds is 8. The number of carbonyl (C=O) groups excluding carboxylic acids is 3. The third-order valence-corrected chi connectivity index (χ3v) is 15.9. The largest absolute Gasteiger partial charge is 0.496 e. The minimum atomic E-state index is -1.76. The Morgan fingerprint density at radius 2 is 1.82 bits per heavy atom. The molecule has 9 atom stereocenters. The van der Waals surface area contributed by atoms with Gasteiger partial charge in [0, 0.05) is 96.4 Å².